The van der Waals surface area contributed by atoms with Gasteiger partial charge in [0.25, 0.3) is 0 Å². The van der Waals surface area contributed by atoms with Gasteiger partial charge in [0, 0.05) is 12.8 Å². The number of carbonyl (C=O) groups is 1. The topological polar surface area (TPSA) is 17.1 Å². The summed E-state index contributed by atoms with van der Waals surface area (Å²) in [5.41, 5.74) is 0.398. The van der Waals surface area contributed by atoms with E-state index >= 15 is 0 Å². The minimum absolute atomic E-state index is 0.398. The van der Waals surface area contributed by atoms with E-state index < -0.39 is 0 Å². The lowest BCUT2D eigenvalue weighted by Gasteiger charge is -2.21. The normalized spacial score (nSPS) is 26.1. The van der Waals surface area contributed by atoms with Gasteiger partial charge in [0.15, 0.2) is 0 Å². The maximum absolute atomic E-state index is 10.9. The first-order chi connectivity index (χ1) is 4.97. The summed E-state index contributed by atoms with van der Waals surface area (Å²) in [6.45, 7) is 6.74. The monoisotopic (exact) mass is 154 g/mol. The van der Waals surface area contributed by atoms with Crippen molar-refractivity contribution in [2.75, 3.05) is 0 Å². The highest BCUT2D eigenvalue weighted by atomic mass is 16.1. The maximum Gasteiger partial charge on any atom is 0.133 e. The largest absolute Gasteiger partial charge is 0.300 e. The van der Waals surface area contributed by atoms with E-state index in [1.165, 1.54) is 6.42 Å². The summed E-state index contributed by atoms with van der Waals surface area (Å²) in [7, 11) is 0. The standard InChI is InChI=1S/C10H18O/c1-10(2,3)7-8-4-5-9(11)6-8/h8H,4-7H2,1-3H3. The highest BCUT2D eigenvalue weighted by molar-refractivity contribution is 5.80. The SMILES string of the molecule is CC(C)(C)CC1CCC(=O)C1. The molecule has 1 fully saturated rings. The molecular weight excluding hydrogens is 136 g/mol. The molecule has 1 unspecified atom stereocenters. The Kier molecular flexibility index (Phi) is 2.36. The van der Waals surface area contributed by atoms with E-state index in [0.29, 0.717) is 17.1 Å². The number of carbonyl (C=O) groups excluding carboxylic acids is 1. The zero-order chi connectivity index (χ0) is 8.48. The van der Waals surface area contributed by atoms with Crippen LogP contribution >= 0.6 is 0 Å². The van der Waals surface area contributed by atoms with Crippen LogP contribution in [-0.4, -0.2) is 5.78 Å². The molecule has 1 saturated carbocycles. The average Bonchev–Trinajstić information content (AvgIpc) is 2.10. The van der Waals surface area contributed by atoms with Gasteiger partial charge in [-0.15, -0.1) is 0 Å². The van der Waals surface area contributed by atoms with Gasteiger partial charge in [0.05, 0.1) is 0 Å². The summed E-state index contributed by atoms with van der Waals surface area (Å²) in [5.74, 6) is 1.15. The molecule has 0 radical (unpaired) electrons. The van der Waals surface area contributed by atoms with E-state index in [4.69, 9.17) is 0 Å². The molecule has 1 nitrogen and oxygen atoms in total. The van der Waals surface area contributed by atoms with Crippen molar-refractivity contribution in [2.24, 2.45) is 11.3 Å². The molecule has 0 aromatic heterocycles. The van der Waals surface area contributed by atoms with Crippen LogP contribution in [0.3, 0.4) is 0 Å². The fourth-order valence-corrected chi connectivity index (χ4v) is 1.93. The van der Waals surface area contributed by atoms with Crippen LogP contribution in [0.15, 0.2) is 0 Å². The first-order valence-corrected chi connectivity index (χ1v) is 4.49. The van der Waals surface area contributed by atoms with Crippen LogP contribution in [0.5, 0.6) is 0 Å². The molecule has 0 bridgehead atoms. The summed E-state index contributed by atoms with van der Waals surface area (Å²) < 4.78 is 0. The molecule has 0 saturated heterocycles. The second-order valence-corrected chi connectivity index (χ2v) is 4.91. The van der Waals surface area contributed by atoms with Crippen LogP contribution < -0.4 is 0 Å². The van der Waals surface area contributed by atoms with Crippen molar-refractivity contribution in [3.63, 3.8) is 0 Å². The predicted octanol–water partition coefficient (Wildman–Crippen LogP) is 2.79. The molecule has 0 aromatic carbocycles. The Morgan fingerprint density at radius 1 is 1.45 bits per heavy atom. The van der Waals surface area contributed by atoms with Crippen molar-refractivity contribution in [2.45, 2.75) is 46.5 Å². The number of hydrogen-bond donors (Lipinski definition) is 0. The zero-order valence-corrected chi connectivity index (χ0v) is 7.81. The van der Waals surface area contributed by atoms with Gasteiger partial charge < -0.3 is 0 Å². The average molecular weight is 154 g/mol. The Morgan fingerprint density at radius 2 is 2.09 bits per heavy atom. The quantitative estimate of drug-likeness (QED) is 0.567. The van der Waals surface area contributed by atoms with Gasteiger partial charge in [0.1, 0.15) is 5.78 Å². The fourth-order valence-electron chi connectivity index (χ4n) is 1.93. The molecule has 0 N–H and O–H groups in total. The zero-order valence-electron chi connectivity index (χ0n) is 7.81. The second-order valence-electron chi connectivity index (χ2n) is 4.91. The number of rotatable bonds is 1. The lowest BCUT2D eigenvalue weighted by atomic mass is 9.84. The first-order valence-electron chi connectivity index (χ1n) is 4.49. The van der Waals surface area contributed by atoms with E-state index in [2.05, 4.69) is 20.8 Å². The van der Waals surface area contributed by atoms with Crippen molar-refractivity contribution in [1.82, 2.24) is 0 Å². The van der Waals surface area contributed by atoms with E-state index in [0.717, 1.165) is 19.3 Å². The molecule has 0 spiro atoms. The fraction of sp³-hybridized carbons (Fsp3) is 0.900. The summed E-state index contributed by atoms with van der Waals surface area (Å²) >= 11 is 0. The van der Waals surface area contributed by atoms with Gasteiger partial charge in [-0.05, 0) is 24.2 Å². The van der Waals surface area contributed by atoms with Crippen LogP contribution in [0.2, 0.25) is 0 Å². The lowest BCUT2D eigenvalue weighted by Crippen LogP contribution is -2.11. The molecule has 1 heteroatoms. The van der Waals surface area contributed by atoms with Crippen LogP contribution in [0, 0.1) is 11.3 Å². The van der Waals surface area contributed by atoms with Gasteiger partial charge in [0.2, 0.25) is 0 Å². The molecule has 0 heterocycles. The summed E-state index contributed by atoms with van der Waals surface area (Å²) in [4.78, 5) is 10.9. The predicted molar refractivity (Wildman–Crippen MR) is 46.4 cm³/mol. The van der Waals surface area contributed by atoms with Gasteiger partial charge >= 0.3 is 0 Å². The van der Waals surface area contributed by atoms with Gasteiger partial charge in [-0.1, -0.05) is 20.8 Å². The van der Waals surface area contributed by atoms with E-state index in [1.54, 1.807) is 0 Å². The Hall–Kier alpha value is -0.330. The number of ketones is 1. The molecule has 1 aliphatic rings. The molecule has 0 amide bonds. The van der Waals surface area contributed by atoms with Crippen LogP contribution in [-0.2, 0) is 4.79 Å². The van der Waals surface area contributed by atoms with Crippen LogP contribution in [0.1, 0.15) is 46.5 Å². The van der Waals surface area contributed by atoms with Crippen molar-refractivity contribution in [3.8, 4) is 0 Å². The number of hydrogen-bond acceptors (Lipinski definition) is 1. The third-order valence-electron chi connectivity index (χ3n) is 2.25. The first kappa shape index (κ1) is 8.76. The minimum atomic E-state index is 0.398. The van der Waals surface area contributed by atoms with Gasteiger partial charge in [-0.25, -0.2) is 0 Å². The van der Waals surface area contributed by atoms with E-state index in [1.807, 2.05) is 0 Å². The smallest absolute Gasteiger partial charge is 0.133 e. The Labute approximate surface area is 69.2 Å². The van der Waals surface area contributed by atoms with Crippen molar-refractivity contribution in [3.05, 3.63) is 0 Å². The second kappa shape index (κ2) is 2.96. The van der Waals surface area contributed by atoms with Crippen LogP contribution in [0.4, 0.5) is 0 Å². The lowest BCUT2D eigenvalue weighted by molar-refractivity contribution is -0.117. The van der Waals surface area contributed by atoms with E-state index in [-0.39, 0.29) is 0 Å². The third-order valence-corrected chi connectivity index (χ3v) is 2.25. The van der Waals surface area contributed by atoms with Crippen molar-refractivity contribution in [1.29, 1.82) is 0 Å². The summed E-state index contributed by atoms with van der Waals surface area (Å²) in [6.07, 6.45) is 4.02. The molecule has 1 aliphatic carbocycles. The van der Waals surface area contributed by atoms with E-state index in [9.17, 15) is 4.79 Å². The molecule has 1 rings (SSSR count). The summed E-state index contributed by atoms with van der Waals surface area (Å²) in [6, 6.07) is 0. The highest BCUT2D eigenvalue weighted by Gasteiger charge is 2.26. The third kappa shape index (κ3) is 3.04. The molecule has 11 heavy (non-hydrogen) atoms. The van der Waals surface area contributed by atoms with Gasteiger partial charge in [-0.3, -0.25) is 4.79 Å². The molecule has 0 aromatic rings. The summed E-state index contributed by atoms with van der Waals surface area (Å²) in [5, 5.41) is 0. The Balaban J connectivity index is 2.34. The highest BCUT2D eigenvalue weighted by Crippen LogP contribution is 2.33. The number of Topliss-reactive ketones (excluding diaryl/α,β-unsaturated/α-hetero) is 1. The Morgan fingerprint density at radius 3 is 2.45 bits per heavy atom. The maximum atomic E-state index is 10.9. The molecule has 0 aliphatic heterocycles. The van der Waals surface area contributed by atoms with Gasteiger partial charge in [-0.2, -0.15) is 0 Å². The van der Waals surface area contributed by atoms with Crippen LogP contribution in [0.25, 0.3) is 0 Å². The van der Waals surface area contributed by atoms with Crippen molar-refractivity contribution >= 4 is 5.78 Å². The molecule has 64 valence electrons. The minimum Gasteiger partial charge on any atom is -0.300 e. The van der Waals surface area contributed by atoms with Crippen molar-refractivity contribution < 1.29 is 4.79 Å². The molecular formula is C10H18O. The molecule has 1 atom stereocenters. The Bertz CT molecular complexity index is 153.